The van der Waals surface area contributed by atoms with E-state index < -0.39 is 6.09 Å². The van der Waals surface area contributed by atoms with Gasteiger partial charge in [0.05, 0.1) is 22.3 Å². The highest BCUT2D eigenvalue weighted by Crippen LogP contribution is 2.28. The molecule has 0 aliphatic carbocycles. The van der Waals surface area contributed by atoms with E-state index in [1.54, 1.807) is 17.0 Å². The van der Waals surface area contributed by atoms with E-state index in [9.17, 15) is 14.4 Å². The quantitative estimate of drug-likeness (QED) is 0.460. The fourth-order valence-electron chi connectivity index (χ4n) is 3.62. The molecule has 1 aromatic carbocycles. The van der Waals surface area contributed by atoms with Crippen LogP contribution < -0.4 is 9.80 Å². The zero-order chi connectivity index (χ0) is 22.0. The summed E-state index contributed by atoms with van der Waals surface area (Å²) in [5.74, 6) is 0.728. The summed E-state index contributed by atoms with van der Waals surface area (Å²) in [6, 6.07) is 11.0. The van der Waals surface area contributed by atoms with Gasteiger partial charge in [-0.1, -0.05) is 11.6 Å². The molecule has 1 fully saturated rings. The van der Waals surface area contributed by atoms with Gasteiger partial charge in [-0.25, -0.2) is 9.80 Å². The van der Waals surface area contributed by atoms with Gasteiger partial charge in [-0.05, 0) is 49.7 Å². The maximum Gasteiger partial charge on any atom is 0.414 e. The summed E-state index contributed by atoms with van der Waals surface area (Å²) in [4.78, 5) is 39.7. The molecule has 31 heavy (non-hydrogen) atoms. The van der Waals surface area contributed by atoms with Crippen LogP contribution in [0.4, 0.5) is 16.2 Å². The first kappa shape index (κ1) is 21.3. The van der Waals surface area contributed by atoms with E-state index >= 15 is 0 Å². The standard InChI is InChI=1S/C21H21ClN4O4S/c1-14-23-24(13-27)10-11-25(14)15-2-4-16(5-3-15)26-12-17(30-21(26)29)6-7-18(28)19-8-9-20(22)31-19/h2-5,8-9,13,17H,6-7,10-12H2,1H3/t17-/m0/s1. The van der Waals surface area contributed by atoms with E-state index in [0.29, 0.717) is 48.1 Å². The van der Waals surface area contributed by atoms with Crippen molar-refractivity contribution in [2.45, 2.75) is 25.9 Å². The minimum absolute atomic E-state index is 0.00228. The van der Waals surface area contributed by atoms with Gasteiger partial charge in [0.15, 0.2) is 5.78 Å². The van der Waals surface area contributed by atoms with Crippen molar-refractivity contribution >= 4 is 58.4 Å². The molecule has 0 unspecified atom stereocenters. The average molecular weight is 461 g/mol. The largest absolute Gasteiger partial charge is 0.444 e. The molecule has 4 rings (SSSR count). The van der Waals surface area contributed by atoms with Crippen molar-refractivity contribution in [3.63, 3.8) is 0 Å². The third-order valence-corrected chi connectivity index (χ3v) is 6.50. The molecule has 10 heteroatoms. The van der Waals surface area contributed by atoms with E-state index in [-0.39, 0.29) is 11.9 Å². The van der Waals surface area contributed by atoms with Crippen LogP contribution in [0.2, 0.25) is 4.34 Å². The minimum atomic E-state index is -0.415. The van der Waals surface area contributed by atoms with Crippen molar-refractivity contribution in [1.82, 2.24) is 5.01 Å². The normalized spacial score (nSPS) is 18.8. The number of amides is 2. The van der Waals surface area contributed by atoms with Crippen LogP contribution in [0.25, 0.3) is 0 Å². The highest BCUT2D eigenvalue weighted by atomic mass is 35.5. The molecule has 8 nitrogen and oxygen atoms in total. The Labute approximate surface area is 188 Å². The second kappa shape index (κ2) is 9.07. The van der Waals surface area contributed by atoms with Crippen LogP contribution in [0, 0.1) is 0 Å². The number of ether oxygens (including phenoxy) is 1. The number of hydrazone groups is 1. The summed E-state index contributed by atoms with van der Waals surface area (Å²) in [7, 11) is 0. The number of ketones is 1. The van der Waals surface area contributed by atoms with Crippen molar-refractivity contribution < 1.29 is 19.1 Å². The monoisotopic (exact) mass is 460 g/mol. The van der Waals surface area contributed by atoms with Crippen molar-refractivity contribution in [1.29, 1.82) is 0 Å². The molecule has 3 heterocycles. The van der Waals surface area contributed by atoms with Gasteiger partial charge in [0.25, 0.3) is 0 Å². The average Bonchev–Trinajstić information content (AvgIpc) is 3.37. The molecule has 2 aliphatic rings. The predicted octanol–water partition coefficient (Wildman–Crippen LogP) is 4.00. The Kier molecular flexibility index (Phi) is 6.24. The number of benzene rings is 1. The molecule has 1 aromatic heterocycles. The predicted molar refractivity (Wildman–Crippen MR) is 120 cm³/mol. The van der Waals surface area contributed by atoms with Gasteiger partial charge in [-0.15, -0.1) is 11.3 Å². The summed E-state index contributed by atoms with van der Waals surface area (Å²) in [5.41, 5.74) is 1.66. The van der Waals surface area contributed by atoms with E-state index in [0.717, 1.165) is 17.2 Å². The highest BCUT2D eigenvalue weighted by Gasteiger charge is 2.32. The molecular weight excluding hydrogens is 440 g/mol. The zero-order valence-corrected chi connectivity index (χ0v) is 18.4. The number of nitrogens with zero attached hydrogens (tertiary/aromatic N) is 4. The van der Waals surface area contributed by atoms with Crippen molar-refractivity contribution in [3.05, 3.63) is 45.6 Å². The van der Waals surface area contributed by atoms with E-state index in [2.05, 4.69) is 5.10 Å². The minimum Gasteiger partial charge on any atom is -0.444 e. The Balaban J connectivity index is 1.36. The van der Waals surface area contributed by atoms with Crippen LogP contribution in [0.5, 0.6) is 0 Å². The Morgan fingerprint density at radius 2 is 1.90 bits per heavy atom. The number of thiophene rings is 1. The van der Waals surface area contributed by atoms with Crippen molar-refractivity contribution in [2.75, 3.05) is 29.4 Å². The molecule has 0 spiro atoms. The molecule has 162 valence electrons. The summed E-state index contributed by atoms with van der Waals surface area (Å²) >= 11 is 7.14. The van der Waals surface area contributed by atoms with E-state index in [1.165, 1.54) is 16.3 Å². The Morgan fingerprint density at radius 1 is 1.19 bits per heavy atom. The highest BCUT2D eigenvalue weighted by molar-refractivity contribution is 7.18. The first-order valence-corrected chi connectivity index (χ1v) is 11.1. The molecule has 0 N–H and O–H groups in total. The van der Waals surface area contributed by atoms with Crippen LogP contribution in [-0.2, 0) is 9.53 Å². The Bertz CT molecular complexity index is 1020. The summed E-state index contributed by atoms with van der Waals surface area (Å²) in [5, 5.41) is 5.60. The number of carbonyl (C=O) groups excluding carboxylic acids is 3. The van der Waals surface area contributed by atoms with Crippen molar-refractivity contribution in [3.8, 4) is 0 Å². The van der Waals surface area contributed by atoms with Crippen LogP contribution in [0.1, 0.15) is 29.4 Å². The number of hydrogen-bond donors (Lipinski definition) is 0. The SMILES string of the molecule is CC1=NN(C=O)CCN1c1ccc(N2C[C@H](CCC(=O)c3ccc(Cl)s3)OC2=O)cc1. The fraction of sp³-hybridized carbons (Fsp3) is 0.333. The van der Waals surface area contributed by atoms with Crippen molar-refractivity contribution in [2.24, 2.45) is 5.10 Å². The molecule has 0 bridgehead atoms. The third-order valence-electron chi connectivity index (χ3n) is 5.23. The Hall–Kier alpha value is -2.91. The lowest BCUT2D eigenvalue weighted by molar-refractivity contribution is -0.118. The zero-order valence-electron chi connectivity index (χ0n) is 16.9. The summed E-state index contributed by atoms with van der Waals surface area (Å²) in [6.45, 7) is 3.40. The maximum absolute atomic E-state index is 12.3. The van der Waals surface area contributed by atoms with Gasteiger partial charge in [-0.3, -0.25) is 14.5 Å². The lowest BCUT2D eigenvalue weighted by atomic mass is 10.1. The number of hydrogen-bond acceptors (Lipinski definition) is 7. The number of carbonyl (C=O) groups is 3. The first-order valence-electron chi connectivity index (χ1n) is 9.86. The van der Waals surface area contributed by atoms with Crippen LogP contribution in [-0.4, -0.2) is 54.9 Å². The second-order valence-corrected chi connectivity index (χ2v) is 8.98. The third kappa shape index (κ3) is 4.72. The van der Waals surface area contributed by atoms with Gasteiger partial charge < -0.3 is 9.64 Å². The van der Waals surface area contributed by atoms with E-state index in [4.69, 9.17) is 16.3 Å². The number of anilines is 2. The molecule has 1 atom stereocenters. The molecule has 1 saturated heterocycles. The van der Waals surface area contributed by atoms with E-state index in [1.807, 2.05) is 36.1 Å². The number of rotatable bonds is 7. The van der Waals surface area contributed by atoms with Crippen LogP contribution in [0.3, 0.4) is 0 Å². The summed E-state index contributed by atoms with van der Waals surface area (Å²) in [6.07, 6.45) is 0.722. The second-order valence-electron chi connectivity index (χ2n) is 7.27. The smallest absolute Gasteiger partial charge is 0.414 e. The number of halogens is 1. The van der Waals surface area contributed by atoms with Gasteiger partial charge in [0, 0.05) is 24.3 Å². The van der Waals surface area contributed by atoms with Crippen LogP contribution >= 0.6 is 22.9 Å². The molecule has 2 amide bonds. The first-order chi connectivity index (χ1) is 14.9. The van der Waals surface area contributed by atoms with Gasteiger partial charge in [0.2, 0.25) is 6.41 Å². The summed E-state index contributed by atoms with van der Waals surface area (Å²) < 4.78 is 6.03. The molecule has 2 aliphatic heterocycles. The topological polar surface area (TPSA) is 82.5 Å². The number of cyclic esters (lactones) is 1. The molecule has 0 radical (unpaired) electrons. The number of amidine groups is 1. The van der Waals surface area contributed by atoms with Gasteiger partial charge >= 0.3 is 6.09 Å². The number of Topliss-reactive ketones (excluding diaryl/α,β-unsaturated/α-hetero) is 1. The fourth-order valence-corrected chi connectivity index (χ4v) is 4.63. The van der Waals surface area contributed by atoms with Crippen LogP contribution in [0.15, 0.2) is 41.5 Å². The molecule has 2 aromatic rings. The Morgan fingerprint density at radius 3 is 2.52 bits per heavy atom. The maximum atomic E-state index is 12.3. The van der Waals surface area contributed by atoms with Gasteiger partial charge in [0.1, 0.15) is 11.9 Å². The lowest BCUT2D eigenvalue weighted by Crippen LogP contribution is -2.42. The molecular formula is C21H21ClN4O4S. The lowest BCUT2D eigenvalue weighted by Gasteiger charge is -2.31. The molecule has 0 saturated carbocycles. The van der Waals surface area contributed by atoms with Gasteiger partial charge in [-0.2, -0.15) is 5.10 Å².